The van der Waals surface area contributed by atoms with Crippen molar-refractivity contribution < 1.29 is 5.21 Å². The van der Waals surface area contributed by atoms with Gasteiger partial charge < -0.3 is 10.9 Å². The second kappa shape index (κ2) is 3.01. The summed E-state index contributed by atoms with van der Waals surface area (Å²) in [5.74, 6) is 0.470. The summed E-state index contributed by atoms with van der Waals surface area (Å²) in [7, 11) is 0. The van der Waals surface area contributed by atoms with Crippen LogP contribution in [0.15, 0.2) is 17.3 Å². The fourth-order valence-corrected chi connectivity index (χ4v) is 0.790. The topological polar surface area (TPSA) is 71.5 Å². The summed E-state index contributed by atoms with van der Waals surface area (Å²) in [5.41, 5.74) is 6.92. The number of nitrogens with zero attached hydrogens (tertiary/aromatic N) is 2. The van der Waals surface area contributed by atoms with E-state index in [9.17, 15) is 0 Å². The molecule has 1 aromatic rings. The van der Waals surface area contributed by atoms with Gasteiger partial charge in [-0.15, -0.1) is 0 Å². The van der Waals surface area contributed by atoms with Crippen LogP contribution >= 0.6 is 0 Å². The molecule has 3 N–H and O–H groups in total. The van der Waals surface area contributed by atoms with Crippen molar-refractivity contribution in [2.45, 2.75) is 6.92 Å². The first-order valence-corrected chi connectivity index (χ1v) is 3.14. The Labute approximate surface area is 64.4 Å². The van der Waals surface area contributed by atoms with Gasteiger partial charge in [-0.25, -0.2) is 4.98 Å². The van der Waals surface area contributed by atoms with Crippen LogP contribution < -0.4 is 5.73 Å². The van der Waals surface area contributed by atoms with Crippen molar-refractivity contribution in [2.75, 3.05) is 5.73 Å². The average molecular weight is 151 g/mol. The summed E-state index contributed by atoms with van der Waals surface area (Å²) in [6, 6.07) is 3.40. The smallest absolute Gasteiger partial charge is 0.123 e. The highest BCUT2D eigenvalue weighted by Crippen LogP contribution is 2.04. The molecule has 0 unspecified atom stereocenters. The number of pyridine rings is 1. The van der Waals surface area contributed by atoms with Crippen LogP contribution in [0, 0.1) is 6.92 Å². The fraction of sp³-hybridized carbons (Fsp3) is 0.143. The molecule has 4 heteroatoms. The fourth-order valence-electron chi connectivity index (χ4n) is 0.790. The molecule has 1 heterocycles. The van der Waals surface area contributed by atoms with Crippen LogP contribution in [0.4, 0.5) is 5.82 Å². The van der Waals surface area contributed by atoms with E-state index < -0.39 is 0 Å². The molecule has 4 nitrogen and oxygen atoms in total. The van der Waals surface area contributed by atoms with Crippen molar-refractivity contribution in [2.24, 2.45) is 5.16 Å². The van der Waals surface area contributed by atoms with Gasteiger partial charge in [0.05, 0.1) is 6.21 Å². The normalized spacial score (nSPS) is 10.6. The standard InChI is InChI=1S/C7H9N3O/c1-5-6(4-9-11)2-3-7(8)10-5/h2-4,11H,1H3,(H2,8,10)/b9-4+. The van der Waals surface area contributed by atoms with Crippen LogP contribution in [0.2, 0.25) is 0 Å². The van der Waals surface area contributed by atoms with E-state index in [1.54, 1.807) is 19.1 Å². The molecule has 0 aliphatic carbocycles. The summed E-state index contributed by atoms with van der Waals surface area (Å²) < 4.78 is 0. The van der Waals surface area contributed by atoms with Gasteiger partial charge in [-0.05, 0) is 19.1 Å². The zero-order chi connectivity index (χ0) is 8.27. The quantitative estimate of drug-likeness (QED) is 0.354. The minimum atomic E-state index is 0.470. The van der Waals surface area contributed by atoms with Crippen molar-refractivity contribution in [3.63, 3.8) is 0 Å². The lowest BCUT2D eigenvalue weighted by molar-refractivity contribution is 0.322. The molecule has 11 heavy (non-hydrogen) atoms. The van der Waals surface area contributed by atoms with Gasteiger partial charge in [0.25, 0.3) is 0 Å². The second-order valence-electron chi connectivity index (χ2n) is 2.16. The third kappa shape index (κ3) is 1.67. The van der Waals surface area contributed by atoms with Crippen molar-refractivity contribution in [1.29, 1.82) is 0 Å². The highest BCUT2D eigenvalue weighted by Gasteiger charge is 1.95. The van der Waals surface area contributed by atoms with Gasteiger partial charge >= 0.3 is 0 Å². The molecule has 0 fully saturated rings. The predicted molar refractivity (Wildman–Crippen MR) is 42.8 cm³/mol. The third-order valence-corrected chi connectivity index (χ3v) is 1.35. The zero-order valence-electron chi connectivity index (χ0n) is 6.15. The van der Waals surface area contributed by atoms with E-state index >= 15 is 0 Å². The first-order valence-electron chi connectivity index (χ1n) is 3.14. The summed E-state index contributed by atoms with van der Waals surface area (Å²) in [5, 5.41) is 11.1. The molecular weight excluding hydrogens is 142 g/mol. The molecule has 0 saturated carbocycles. The Morgan fingerprint density at radius 3 is 2.91 bits per heavy atom. The van der Waals surface area contributed by atoms with Gasteiger partial charge in [-0.3, -0.25) is 0 Å². The molecule has 0 saturated heterocycles. The SMILES string of the molecule is Cc1nc(N)ccc1/C=N/O. The monoisotopic (exact) mass is 151 g/mol. The Hall–Kier alpha value is -1.58. The molecule has 0 amide bonds. The Bertz CT molecular complexity index is 283. The molecule has 0 aliphatic heterocycles. The van der Waals surface area contributed by atoms with Gasteiger partial charge in [0.15, 0.2) is 0 Å². The Morgan fingerprint density at radius 1 is 1.64 bits per heavy atom. The summed E-state index contributed by atoms with van der Waals surface area (Å²) in [6.07, 6.45) is 1.32. The number of hydrogen-bond donors (Lipinski definition) is 2. The molecule has 0 aromatic carbocycles. The molecule has 0 radical (unpaired) electrons. The Balaban J connectivity index is 3.09. The van der Waals surface area contributed by atoms with Crippen LogP contribution in [-0.4, -0.2) is 16.4 Å². The molecule has 0 atom stereocenters. The number of aromatic nitrogens is 1. The van der Waals surface area contributed by atoms with E-state index in [0.717, 1.165) is 11.3 Å². The van der Waals surface area contributed by atoms with Crippen LogP contribution in [0.5, 0.6) is 0 Å². The number of hydrogen-bond acceptors (Lipinski definition) is 4. The van der Waals surface area contributed by atoms with Gasteiger partial charge in [0.2, 0.25) is 0 Å². The largest absolute Gasteiger partial charge is 0.411 e. The van der Waals surface area contributed by atoms with Crippen LogP contribution in [0.1, 0.15) is 11.3 Å². The Kier molecular flexibility index (Phi) is 2.06. The summed E-state index contributed by atoms with van der Waals surface area (Å²) in [4.78, 5) is 3.97. The van der Waals surface area contributed by atoms with Crippen LogP contribution in [0.25, 0.3) is 0 Å². The van der Waals surface area contributed by atoms with E-state index in [1.807, 2.05) is 0 Å². The highest BCUT2D eigenvalue weighted by atomic mass is 16.4. The lowest BCUT2D eigenvalue weighted by Crippen LogP contribution is -1.95. The maximum absolute atomic E-state index is 8.22. The maximum Gasteiger partial charge on any atom is 0.123 e. The van der Waals surface area contributed by atoms with Crippen LogP contribution in [0.3, 0.4) is 0 Å². The molecule has 1 rings (SSSR count). The van der Waals surface area contributed by atoms with E-state index in [-0.39, 0.29) is 0 Å². The van der Waals surface area contributed by atoms with Crippen molar-refractivity contribution in [1.82, 2.24) is 4.98 Å². The first kappa shape index (κ1) is 7.53. The maximum atomic E-state index is 8.22. The van der Waals surface area contributed by atoms with Crippen molar-refractivity contribution >= 4 is 12.0 Å². The highest BCUT2D eigenvalue weighted by molar-refractivity contribution is 5.80. The first-order chi connectivity index (χ1) is 5.24. The lowest BCUT2D eigenvalue weighted by Gasteiger charge is -1.97. The molecule has 1 aromatic heterocycles. The van der Waals surface area contributed by atoms with Crippen LogP contribution in [-0.2, 0) is 0 Å². The number of aryl methyl sites for hydroxylation is 1. The molecule has 58 valence electrons. The van der Waals surface area contributed by atoms with Crippen molar-refractivity contribution in [3.05, 3.63) is 23.4 Å². The van der Waals surface area contributed by atoms with E-state index in [4.69, 9.17) is 10.9 Å². The predicted octanol–water partition coefficient (Wildman–Crippen LogP) is 0.780. The van der Waals surface area contributed by atoms with Gasteiger partial charge in [-0.1, -0.05) is 5.16 Å². The summed E-state index contributed by atoms with van der Waals surface area (Å²) in [6.45, 7) is 1.80. The molecule has 0 bridgehead atoms. The Morgan fingerprint density at radius 2 is 2.36 bits per heavy atom. The molecular formula is C7H9N3O. The number of oxime groups is 1. The number of nitrogen functional groups attached to an aromatic ring is 1. The zero-order valence-corrected chi connectivity index (χ0v) is 6.15. The minimum absolute atomic E-state index is 0.470. The molecule has 0 aliphatic rings. The summed E-state index contributed by atoms with van der Waals surface area (Å²) >= 11 is 0. The van der Waals surface area contributed by atoms with Gasteiger partial charge in [0, 0.05) is 11.3 Å². The van der Waals surface area contributed by atoms with Crippen molar-refractivity contribution in [3.8, 4) is 0 Å². The van der Waals surface area contributed by atoms with Gasteiger partial charge in [-0.2, -0.15) is 0 Å². The van der Waals surface area contributed by atoms with E-state index in [1.165, 1.54) is 6.21 Å². The molecule has 0 spiro atoms. The van der Waals surface area contributed by atoms with E-state index in [0.29, 0.717) is 5.82 Å². The third-order valence-electron chi connectivity index (χ3n) is 1.35. The minimum Gasteiger partial charge on any atom is -0.411 e. The average Bonchev–Trinajstić information content (AvgIpc) is 1.95. The number of nitrogens with two attached hydrogens (primary N) is 1. The van der Waals surface area contributed by atoms with Gasteiger partial charge in [0.1, 0.15) is 5.82 Å². The number of rotatable bonds is 1. The number of anilines is 1. The second-order valence-corrected chi connectivity index (χ2v) is 2.16. The lowest BCUT2D eigenvalue weighted by atomic mass is 10.2. The van der Waals surface area contributed by atoms with E-state index in [2.05, 4.69) is 10.1 Å².